The molecule has 4 aromatic rings. The predicted molar refractivity (Wildman–Crippen MR) is 139 cm³/mol. The molecule has 0 fully saturated rings. The van der Waals surface area contributed by atoms with Crippen molar-refractivity contribution in [3.63, 3.8) is 0 Å². The fourth-order valence-corrected chi connectivity index (χ4v) is 5.04. The second-order valence-electron chi connectivity index (χ2n) is 9.62. The number of allylic oxidation sites excluding steroid dienone is 1. The minimum atomic E-state index is -0.167. The first-order valence-corrected chi connectivity index (χ1v) is 12.3. The van der Waals surface area contributed by atoms with Crippen LogP contribution in [0.5, 0.6) is 0 Å². The number of hydrogen-bond donors (Lipinski definition) is 0. The molecule has 7 nitrogen and oxygen atoms in total. The number of nitrogens with zero attached hydrogens (tertiary/aromatic N) is 6. The molecule has 180 valence electrons. The Morgan fingerprint density at radius 3 is 2.36 bits per heavy atom. The highest BCUT2D eigenvalue weighted by Gasteiger charge is 2.33. The van der Waals surface area contributed by atoms with E-state index in [1.54, 1.807) is 4.68 Å². The molecule has 0 saturated heterocycles. The van der Waals surface area contributed by atoms with E-state index in [4.69, 9.17) is 0 Å². The Labute approximate surface area is 210 Å². The summed E-state index contributed by atoms with van der Waals surface area (Å²) in [7, 11) is 0. The number of anilines is 1. The first-order chi connectivity index (χ1) is 17.6. The number of benzene rings is 3. The predicted octanol–water partition coefficient (Wildman–Crippen LogP) is 4.33. The van der Waals surface area contributed by atoms with Crippen molar-refractivity contribution in [3.8, 4) is 0 Å². The highest BCUT2D eigenvalue weighted by atomic mass is 16.2. The van der Waals surface area contributed by atoms with Gasteiger partial charge in [0.05, 0.1) is 5.70 Å². The molecule has 0 unspecified atom stereocenters. The summed E-state index contributed by atoms with van der Waals surface area (Å²) < 4.78 is 1.81. The van der Waals surface area contributed by atoms with Crippen LogP contribution in [0.25, 0.3) is 5.70 Å². The molecule has 0 bridgehead atoms. The average molecular weight is 477 g/mol. The van der Waals surface area contributed by atoms with Crippen LogP contribution >= 0.6 is 0 Å². The minimum absolute atomic E-state index is 0.0610. The number of fused-ring (bicyclic) bond motifs is 2. The van der Waals surface area contributed by atoms with Gasteiger partial charge in [-0.15, -0.1) is 0 Å². The van der Waals surface area contributed by atoms with Crippen molar-refractivity contribution < 1.29 is 4.79 Å². The van der Waals surface area contributed by atoms with Gasteiger partial charge >= 0.3 is 0 Å². The third-order valence-corrected chi connectivity index (χ3v) is 7.13. The molecule has 0 spiro atoms. The third-order valence-electron chi connectivity index (χ3n) is 7.13. The van der Waals surface area contributed by atoms with Crippen LogP contribution in [-0.2, 0) is 17.8 Å². The molecule has 0 saturated carbocycles. The van der Waals surface area contributed by atoms with Gasteiger partial charge in [0.1, 0.15) is 12.6 Å². The van der Waals surface area contributed by atoms with Gasteiger partial charge in [-0.2, -0.15) is 4.68 Å². The van der Waals surface area contributed by atoms with Gasteiger partial charge in [0.25, 0.3) is 5.95 Å². The van der Waals surface area contributed by atoms with Gasteiger partial charge < -0.3 is 4.90 Å². The summed E-state index contributed by atoms with van der Waals surface area (Å²) in [4.78, 5) is 17.5. The molecule has 2 aliphatic heterocycles. The Morgan fingerprint density at radius 1 is 0.917 bits per heavy atom. The summed E-state index contributed by atoms with van der Waals surface area (Å²) in [5, 5.41) is 12.7. The maximum atomic E-state index is 13.6. The van der Waals surface area contributed by atoms with Crippen LogP contribution in [0, 0.1) is 13.8 Å². The summed E-state index contributed by atoms with van der Waals surface area (Å²) in [6, 6.07) is 25.0. The van der Waals surface area contributed by atoms with Crippen molar-refractivity contribution in [3.05, 3.63) is 112 Å². The first-order valence-electron chi connectivity index (χ1n) is 12.3. The largest absolute Gasteiger partial charge is 0.336 e. The zero-order valence-electron chi connectivity index (χ0n) is 20.5. The number of amides is 1. The summed E-state index contributed by atoms with van der Waals surface area (Å²) in [5.41, 5.74) is 7.99. The van der Waals surface area contributed by atoms with Crippen molar-refractivity contribution in [1.29, 1.82) is 0 Å². The third kappa shape index (κ3) is 4.06. The van der Waals surface area contributed by atoms with E-state index in [1.165, 1.54) is 22.3 Å². The second-order valence-corrected chi connectivity index (χ2v) is 9.62. The number of rotatable bonds is 4. The molecule has 0 aliphatic carbocycles. The number of carbonyl (C=O) groups is 1. The summed E-state index contributed by atoms with van der Waals surface area (Å²) >= 11 is 0. The van der Waals surface area contributed by atoms with Gasteiger partial charge in [-0.05, 0) is 59.0 Å². The quantitative estimate of drug-likeness (QED) is 0.439. The average Bonchev–Trinajstić information content (AvgIpc) is 3.40. The van der Waals surface area contributed by atoms with Crippen molar-refractivity contribution in [2.24, 2.45) is 0 Å². The number of aryl methyl sites for hydroxylation is 2. The summed E-state index contributed by atoms with van der Waals surface area (Å²) in [5.74, 6) is 0.635. The van der Waals surface area contributed by atoms with Gasteiger partial charge in [0.2, 0.25) is 5.91 Å². The molecule has 1 atom stereocenters. The molecule has 3 aromatic carbocycles. The van der Waals surface area contributed by atoms with Crippen LogP contribution in [0.15, 0.2) is 78.9 Å². The van der Waals surface area contributed by atoms with Crippen LogP contribution < -0.4 is 4.90 Å². The van der Waals surface area contributed by atoms with Crippen molar-refractivity contribution in [1.82, 2.24) is 25.1 Å². The number of carbonyl (C=O) groups excluding carboxylic acids is 1. The standard InChI is InChI=1S/C29H28N6O/c1-20-7-11-23(12-8-20)26-17-27(24-13-9-21(2)10-14-24)35-29(30-31-32-35)34(26)19-28(36)33-16-15-22-5-3-4-6-25(22)18-33/h3-14,17,27H,15-16,18-19H2,1-2H3/t27-/m1/s1. The van der Waals surface area contributed by atoms with Gasteiger partial charge in [-0.3, -0.25) is 9.69 Å². The maximum Gasteiger partial charge on any atom is 0.251 e. The molecule has 36 heavy (non-hydrogen) atoms. The highest BCUT2D eigenvalue weighted by molar-refractivity contribution is 5.89. The smallest absolute Gasteiger partial charge is 0.251 e. The molecular formula is C29H28N6O. The molecule has 6 rings (SSSR count). The fourth-order valence-electron chi connectivity index (χ4n) is 5.04. The zero-order chi connectivity index (χ0) is 24.6. The monoisotopic (exact) mass is 476 g/mol. The molecule has 3 heterocycles. The van der Waals surface area contributed by atoms with Crippen molar-refractivity contribution in [2.75, 3.05) is 18.0 Å². The lowest BCUT2D eigenvalue weighted by Crippen LogP contribution is -2.44. The van der Waals surface area contributed by atoms with Crippen LogP contribution in [0.1, 0.15) is 39.4 Å². The summed E-state index contributed by atoms with van der Waals surface area (Å²) in [6.45, 7) is 5.66. The topological polar surface area (TPSA) is 67.2 Å². The second kappa shape index (κ2) is 9.07. The number of tetrazole rings is 1. The number of aromatic nitrogens is 4. The Morgan fingerprint density at radius 2 is 1.61 bits per heavy atom. The SMILES string of the molecule is Cc1ccc(C2=C[C@H](c3ccc(C)cc3)n3nnnc3N2CC(=O)N2CCc3ccccc3C2)cc1. The number of hydrogen-bond acceptors (Lipinski definition) is 5. The van der Waals surface area contributed by atoms with Gasteiger partial charge in [-0.25, -0.2) is 0 Å². The van der Waals surface area contributed by atoms with Gasteiger partial charge in [-0.1, -0.05) is 89.0 Å². The van der Waals surface area contributed by atoms with Crippen molar-refractivity contribution in [2.45, 2.75) is 32.9 Å². The van der Waals surface area contributed by atoms with E-state index in [1.807, 2.05) is 15.9 Å². The highest BCUT2D eigenvalue weighted by Crippen LogP contribution is 2.36. The Bertz CT molecular complexity index is 1440. The lowest BCUT2D eigenvalue weighted by atomic mass is 9.99. The molecule has 0 N–H and O–H groups in total. The molecule has 1 amide bonds. The van der Waals surface area contributed by atoms with Crippen LogP contribution in [0.4, 0.5) is 5.95 Å². The molecule has 0 radical (unpaired) electrons. The van der Waals surface area contributed by atoms with E-state index >= 15 is 0 Å². The van der Waals surface area contributed by atoms with E-state index in [0.717, 1.165) is 23.2 Å². The molecule has 1 aromatic heterocycles. The Balaban J connectivity index is 1.37. The van der Waals surface area contributed by atoms with E-state index in [0.29, 0.717) is 19.0 Å². The molecular weight excluding hydrogens is 448 g/mol. The Hall–Kier alpha value is -4.26. The summed E-state index contributed by atoms with van der Waals surface area (Å²) in [6.07, 6.45) is 3.04. The first kappa shape index (κ1) is 22.2. The van der Waals surface area contributed by atoms with E-state index in [9.17, 15) is 4.79 Å². The van der Waals surface area contributed by atoms with Gasteiger partial charge in [0, 0.05) is 13.1 Å². The zero-order valence-corrected chi connectivity index (χ0v) is 20.5. The normalized spacial score (nSPS) is 16.8. The minimum Gasteiger partial charge on any atom is -0.336 e. The lowest BCUT2D eigenvalue weighted by Gasteiger charge is -2.35. The van der Waals surface area contributed by atoms with Crippen LogP contribution in [0.2, 0.25) is 0 Å². The van der Waals surface area contributed by atoms with Crippen LogP contribution in [0.3, 0.4) is 0 Å². The fraction of sp³-hybridized carbons (Fsp3) is 0.241. The van der Waals surface area contributed by atoms with E-state index in [-0.39, 0.29) is 18.5 Å². The van der Waals surface area contributed by atoms with Crippen LogP contribution in [-0.4, -0.2) is 44.1 Å². The molecule has 7 heteroatoms. The van der Waals surface area contributed by atoms with Gasteiger partial charge in [0.15, 0.2) is 0 Å². The maximum absolute atomic E-state index is 13.6. The van der Waals surface area contributed by atoms with E-state index < -0.39 is 0 Å². The Kier molecular flexibility index (Phi) is 5.60. The van der Waals surface area contributed by atoms with Crippen molar-refractivity contribution >= 4 is 17.6 Å². The van der Waals surface area contributed by atoms with E-state index in [2.05, 4.69) is 102 Å². The molecule has 2 aliphatic rings. The lowest BCUT2D eigenvalue weighted by molar-refractivity contribution is -0.130.